The smallest absolute Gasteiger partial charge is 0.0443 e. The lowest BCUT2D eigenvalue weighted by molar-refractivity contribution is 0.346. The van der Waals surface area contributed by atoms with Gasteiger partial charge in [0.2, 0.25) is 0 Å². The Morgan fingerprint density at radius 3 is 2.81 bits per heavy atom. The van der Waals surface area contributed by atoms with Gasteiger partial charge >= 0.3 is 0 Å². The number of likely N-dealkylation sites (tertiary alicyclic amines) is 1. The van der Waals surface area contributed by atoms with E-state index in [1.54, 1.807) is 0 Å². The zero-order chi connectivity index (χ0) is 15.1. The van der Waals surface area contributed by atoms with Crippen LogP contribution in [0.1, 0.15) is 37.4 Å². The fourth-order valence-electron chi connectivity index (χ4n) is 2.88. The topological polar surface area (TPSA) is 31.4 Å². The van der Waals surface area contributed by atoms with Crippen molar-refractivity contribution in [2.75, 3.05) is 44.7 Å². The summed E-state index contributed by atoms with van der Waals surface area (Å²) in [5.41, 5.74) is 3.72. The second kappa shape index (κ2) is 8.35. The average Bonchev–Trinajstić information content (AvgIpc) is 3.00. The van der Waals surface area contributed by atoms with Crippen molar-refractivity contribution in [3.8, 4) is 0 Å². The van der Waals surface area contributed by atoms with E-state index in [-0.39, 0.29) is 0 Å². The van der Waals surface area contributed by atoms with Crippen LogP contribution in [0.2, 0.25) is 0 Å². The minimum Gasteiger partial charge on any atom is -0.373 e. The van der Waals surface area contributed by atoms with Crippen molar-refractivity contribution in [1.82, 2.24) is 15.2 Å². The molecule has 0 saturated carbocycles. The fourth-order valence-corrected chi connectivity index (χ4v) is 2.88. The summed E-state index contributed by atoms with van der Waals surface area (Å²) in [6.07, 6.45) is 5.92. The Morgan fingerprint density at radius 2 is 2.10 bits per heavy atom. The van der Waals surface area contributed by atoms with Gasteiger partial charge in [-0.2, -0.15) is 0 Å². The van der Waals surface area contributed by atoms with Gasteiger partial charge in [-0.15, -0.1) is 0 Å². The molecule has 2 heterocycles. The molecule has 0 amide bonds. The molecule has 1 saturated heterocycles. The first-order chi connectivity index (χ1) is 10.2. The number of rotatable bonds is 8. The Labute approximate surface area is 129 Å². The van der Waals surface area contributed by atoms with E-state index in [0.29, 0.717) is 0 Å². The molecule has 0 radical (unpaired) electrons. The van der Waals surface area contributed by atoms with Gasteiger partial charge in [0.25, 0.3) is 0 Å². The van der Waals surface area contributed by atoms with Crippen LogP contribution in [0, 0.1) is 6.92 Å². The Morgan fingerprint density at radius 1 is 1.33 bits per heavy atom. The molecule has 118 valence electrons. The maximum Gasteiger partial charge on any atom is 0.0443 e. The number of hydrogen-bond donors (Lipinski definition) is 1. The van der Waals surface area contributed by atoms with Crippen molar-refractivity contribution in [3.63, 3.8) is 0 Å². The molecule has 0 bridgehead atoms. The highest BCUT2D eigenvalue weighted by Gasteiger charge is 2.13. The van der Waals surface area contributed by atoms with Crippen molar-refractivity contribution < 1.29 is 0 Å². The Balaban J connectivity index is 1.96. The summed E-state index contributed by atoms with van der Waals surface area (Å²) in [5, 5.41) is 3.49. The third-order valence-corrected chi connectivity index (χ3v) is 4.20. The molecule has 1 aliphatic rings. The molecule has 0 unspecified atom stereocenters. The number of aromatic nitrogens is 1. The number of nitrogens with one attached hydrogen (secondary N) is 1. The molecule has 4 heteroatoms. The molecule has 1 aromatic heterocycles. The highest BCUT2D eigenvalue weighted by Crippen LogP contribution is 2.20. The van der Waals surface area contributed by atoms with E-state index in [0.717, 1.165) is 25.3 Å². The zero-order valence-corrected chi connectivity index (χ0v) is 13.9. The minimum absolute atomic E-state index is 0.907. The van der Waals surface area contributed by atoms with Gasteiger partial charge in [-0.05, 0) is 51.9 Å². The van der Waals surface area contributed by atoms with Crippen LogP contribution in [-0.4, -0.2) is 49.7 Å². The average molecular weight is 290 g/mol. The Bertz CT molecular complexity index is 427. The largest absolute Gasteiger partial charge is 0.373 e. The van der Waals surface area contributed by atoms with Gasteiger partial charge in [-0.1, -0.05) is 6.92 Å². The summed E-state index contributed by atoms with van der Waals surface area (Å²) in [4.78, 5) is 9.42. The number of hydrogen-bond acceptors (Lipinski definition) is 4. The molecule has 4 nitrogen and oxygen atoms in total. The highest BCUT2D eigenvalue weighted by atomic mass is 15.2. The quantitative estimate of drug-likeness (QED) is 0.745. The number of aryl methyl sites for hydroxylation is 1. The van der Waals surface area contributed by atoms with Crippen LogP contribution in [0.3, 0.4) is 0 Å². The van der Waals surface area contributed by atoms with Crippen molar-refractivity contribution >= 4 is 5.69 Å². The lowest BCUT2D eigenvalue weighted by Crippen LogP contribution is -2.32. The van der Waals surface area contributed by atoms with Crippen LogP contribution >= 0.6 is 0 Å². The van der Waals surface area contributed by atoms with Crippen molar-refractivity contribution in [2.45, 2.75) is 39.7 Å². The molecular formula is C17H30N4. The minimum atomic E-state index is 0.907. The lowest BCUT2D eigenvalue weighted by Gasteiger charge is -2.25. The van der Waals surface area contributed by atoms with E-state index in [1.807, 2.05) is 6.20 Å². The van der Waals surface area contributed by atoms with Gasteiger partial charge in [0.15, 0.2) is 0 Å². The van der Waals surface area contributed by atoms with Gasteiger partial charge in [0.1, 0.15) is 0 Å². The summed E-state index contributed by atoms with van der Waals surface area (Å²) in [6, 6.07) is 2.22. The van der Waals surface area contributed by atoms with Gasteiger partial charge < -0.3 is 15.1 Å². The fraction of sp³-hybridized carbons (Fsp3) is 0.706. The Hall–Kier alpha value is -1.13. The first-order valence-corrected chi connectivity index (χ1v) is 8.30. The monoisotopic (exact) mass is 290 g/mol. The number of anilines is 1. The van der Waals surface area contributed by atoms with E-state index < -0.39 is 0 Å². The molecule has 1 aliphatic heterocycles. The molecule has 1 fully saturated rings. The van der Waals surface area contributed by atoms with Gasteiger partial charge in [-0.25, -0.2) is 0 Å². The molecule has 0 aromatic carbocycles. The van der Waals surface area contributed by atoms with E-state index in [1.165, 1.54) is 50.1 Å². The highest BCUT2D eigenvalue weighted by molar-refractivity contribution is 5.53. The standard InChI is InChI=1S/C17H30N4/c1-4-7-18-13-16-14-19-15(2)12-17(16)20(3)10-11-21-8-5-6-9-21/h12,14,18H,4-11,13H2,1-3H3. The predicted octanol–water partition coefficient (Wildman–Crippen LogP) is 2.42. The molecule has 1 N–H and O–H groups in total. The van der Waals surface area contributed by atoms with Crippen LogP contribution in [0.4, 0.5) is 5.69 Å². The molecular weight excluding hydrogens is 260 g/mol. The molecule has 2 rings (SSSR count). The molecule has 0 atom stereocenters. The molecule has 21 heavy (non-hydrogen) atoms. The van der Waals surface area contributed by atoms with Crippen LogP contribution in [0.25, 0.3) is 0 Å². The number of likely N-dealkylation sites (N-methyl/N-ethyl adjacent to an activating group) is 1. The van der Waals surface area contributed by atoms with Crippen LogP contribution in [-0.2, 0) is 6.54 Å². The first kappa shape index (κ1) is 16.2. The third kappa shape index (κ3) is 4.97. The number of nitrogens with zero attached hydrogens (tertiary/aromatic N) is 3. The molecule has 1 aromatic rings. The van der Waals surface area contributed by atoms with Gasteiger partial charge in [-0.3, -0.25) is 4.98 Å². The van der Waals surface area contributed by atoms with Crippen molar-refractivity contribution in [1.29, 1.82) is 0 Å². The van der Waals surface area contributed by atoms with Crippen LogP contribution in [0.15, 0.2) is 12.3 Å². The summed E-state index contributed by atoms with van der Waals surface area (Å²) in [6.45, 7) is 11.0. The van der Waals surface area contributed by atoms with E-state index >= 15 is 0 Å². The SMILES string of the molecule is CCCNCc1cnc(C)cc1N(C)CCN1CCCC1. The molecule has 0 spiro atoms. The summed E-state index contributed by atoms with van der Waals surface area (Å²) in [5.74, 6) is 0. The van der Waals surface area contributed by atoms with Gasteiger partial charge in [0, 0.05) is 49.8 Å². The van der Waals surface area contributed by atoms with Crippen LogP contribution < -0.4 is 10.2 Å². The second-order valence-electron chi connectivity index (χ2n) is 6.10. The van der Waals surface area contributed by atoms with Crippen molar-refractivity contribution in [3.05, 3.63) is 23.5 Å². The summed E-state index contributed by atoms with van der Waals surface area (Å²) >= 11 is 0. The second-order valence-corrected chi connectivity index (χ2v) is 6.10. The van der Waals surface area contributed by atoms with E-state index in [2.05, 4.69) is 47.1 Å². The number of pyridine rings is 1. The molecule has 0 aliphatic carbocycles. The Kier molecular flexibility index (Phi) is 6.46. The maximum absolute atomic E-state index is 4.46. The lowest BCUT2D eigenvalue weighted by atomic mass is 10.2. The summed E-state index contributed by atoms with van der Waals surface area (Å²) in [7, 11) is 2.20. The third-order valence-electron chi connectivity index (χ3n) is 4.20. The zero-order valence-electron chi connectivity index (χ0n) is 13.9. The van der Waals surface area contributed by atoms with E-state index in [4.69, 9.17) is 0 Å². The van der Waals surface area contributed by atoms with E-state index in [9.17, 15) is 0 Å². The van der Waals surface area contributed by atoms with Crippen molar-refractivity contribution in [2.24, 2.45) is 0 Å². The maximum atomic E-state index is 4.46. The normalized spacial score (nSPS) is 15.6. The predicted molar refractivity (Wildman–Crippen MR) is 89.9 cm³/mol. The van der Waals surface area contributed by atoms with Crippen LogP contribution in [0.5, 0.6) is 0 Å². The summed E-state index contributed by atoms with van der Waals surface area (Å²) < 4.78 is 0. The first-order valence-electron chi connectivity index (χ1n) is 8.30. The van der Waals surface area contributed by atoms with Gasteiger partial charge in [0.05, 0.1) is 0 Å².